The number of para-hydroxylation sites is 1. The van der Waals surface area contributed by atoms with E-state index in [4.69, 9.17) is 0 Å². The van der Waals surface area contributed by atoms with Crippen LogP contribution in [-0.2, 0) is 14.4 Å². The van der Waals surface area contributed by atoms with Crippen molar-refractivity contribution in [3.63, 3.8) is 0 Å². The zero-order chi connectivity index (χ0) is 15.6. The highest BCUT2D eigenvalue weighted by molar-refractivity contribution is 8.02. The van der Waals surface area contributed by atoms with Gasteiger partial charge in [-0.05, 0) is 19.1 Å². The zero-order valence-corrected chi connectivity index (χ0v) is 12.9. The number of carbonyl (C=O) groups is 3. The van der Waals surface area contributed by atoms with Crippen LogP contribution in [0.5, 0.6) is 0 Å². The maximum absolute atomic E-state index is 12.5. The second kappa shape index (κ2) is 5.77. The molecule has 0 saturated heterocycles. The molecular formula is C14H17N3O3S. The molecule has 1 atom stereocenters. The molecule has 6 nitrogen and oxygen atoms in total. The number of carbonyl (C=O) groups excluding carboxylic acids is 3. The molecule has 1 unspecified atom stereocenters. The first-order valence-electron chi connectivity index (χ1n) is 6.45. The topological polar surface area (TPSA) is 78.5 Å². The Morgan fingerprint density at radius 1 is 1.33 bits per heavy atom. The van der Waals surface area contributed by atoms with Gasteiger partial charge in [0.15, 0.2) is 4.75 Å². The molecule has 0 radical (unpaired) electrons. The molecule has 1 heterocycles. The second-order valence-corrected chi connectivity index (χ2v) is 6.28. The average molecular weight is 307 g/mol. The lowest BCUT2D eigenvalue weighted by Gasteiger charge is -2.36. The lowest BCUT2D eigenvalue weighted by Crippen LogP contribution is -2.56. The Labute approximate surface area is 127 Å². The minimum Gasteiger partial charge on any atom is -0.358 e. The van der Waals surface area contributed by atoms with Crippen molar-refractivity contribution in [1.82, 2.24) is 10.6 Å². The summed E-state index contributed by atoms with van der Waals surface area (Å²) in [5.74, 6) is -1.09. The average Bonchev–Trinajstić information content (AvgIpc) is 2.50. The molecule has 2 rings (SSSR count). The molecule has 7 heteroatoms. The summed E-state index contributed by atoms with van der Waals surface area (Å²) < 4.78 is -1.28. The van der Waals surface area contributed by atoms with Crippen molar-refractivity contribution in [3.8, 4) is 0 Å². The van der Waals surface area contributed by atoms with Gasteiger partial charge in [-0.2, -0.15) is 0 Å². The van der Waals surface area contributed by atoms with Gasteiger partial charge < -0.3 is 15.5 Å². The van der Waals surface area contributed by atoms with E-state index in [-0.39, 0.29) is 18.4 Å². The van der Waals surface area contributed by atoms with E-state index in [1.54, 1.807) is 14.0 Å². The van der Waals surface area contributed by atoms with E-state index in [0.717, 1.165) is 10.6 Å². The first kappa shape index (κ1) is 15.4. The van der Waals surface area contributed by atoms with Crippen LogP contribution in [0.15, 0.2) is 29.2 Å². The van der Waals surface area contributed by atoms with Crippen molar-refractivity contribution in [2.24, 2.45) is 0 Å². The van der Waals surface area contributed by atoms with E-state index in [1.165, 1.54) is 23.7 Å². The highest BCUT2D eigenvalue weighted by Gasteiger charge is 2.48. The van der Waals surface area contributed by atoms with Gasteiger partial charge in [0, 0.05) is 19.0 Å². The van der Waals surface area contributed by atoms with E-state index < -0.39 is 10.7 Å². The Balaban J connectivity index is 2.24. The van der Waals surface area contributed by atoms with Gasteiger partial charge in [0.1, 0.15) is 0 Å². The number of amides is 3. The van der Waals surface area contributed by atoms with Gasteiger partial charge in [0.05, 0.1) is 12.2 Å². The first-order valence-corrected chi connectivity index (χ1v) is 7.27. The summed E-state index contributed by atoms with van der Waals surface area (Å²) in [6.07, 6.45) is 0. The quantitative estimate of drug-likeness (QED) is 0.791. The van der Waals surface area contributed by atoms with Gasteiger partial charge >= 0.3 is 0 Å². The summed E-state index contributed by atoms with van der Waals surface area (Å²) in [6, 6.07) is 7.41. The summed E-state index contributed by atoms with van der Waals surface area (Å²) in [6.45, 7) is 1.43. The molecule has 112 valence electrons. The SMILES string of the molecule is CNC(=O)CNC(=O)C1(C)Sc2ccccc2N(C)C1=O. The molecule has 0 fully saturated rings. The highest BCUT2D eigenvalue weighted by Crippen LogP contribution is 2.44. The molecule has 1 aromatic carbocycles. The van der Waals surface area contributed by atoms with Gasteiger partial charge in [-0.1, -0.05) is 23.9 Å². The number of nitrogens with one attached hydrogen (secondary N) is 2. The number of fused-ring (bicyclic) bond motifs is 1. The molecule has 0 bridgehead atoms. The van der Waals surface area contributed by atoms with Gasteiger partial charge in [-0.15, -0.1) is 0 Å². The Morgan fingerprint density at radius 3 is 2.67 bits per heavy atom. The maximum Gasteiger partial charge on any atom is 0.252 e. The van der Waals surface area contributed by atoms with Crippen LogP contribution in [0, 0.1) is 0 Å². The van der Waals surface area contributed by atoms with Crippen LogP contribution in [0.3, 0.4) is 0 Å². The van der Waals surface area contributed by atoms with Crippen molar-refractivity contribution in [1.29, 1.82) is 0 Å². The summed E-state index contributed by atoms with van der Waals surface area (Å²) in [4.78, 5) is 38.4. The Morgan fingerprint density at radius 2 is 2.00 bits per heavy atom. The monoisotopic (exact) mass is 307 g/mol. The van der Waals surface area contributed by atoms with Crippen LogP contribution in [0.1, 0.15) is 6.92 Å². The molecule has 3 amide bonds. The molecule has 0 saturated carbocycles. The van der Waals surface area contributed by atoms with Crippen LogP contribution in [0.4, 0.5) is 5.69 Å². The molecule has 1 aliphatic rings. The molecule has 1 aromatic rings. The predicted molar refractivity (Wildman–Crippen MR) is 81.2 cm³/mol. The predicted octanol–water partition coefficient (Wildman–Crippen LogP) is 0.376. The Bertz CT molecular complexity index is 605. The molecule has 2 N–H and O–H groups in total. The number of nitrogens with zero attached hydrogens (tertiary/aromatic N) is 1. The fourth-order valence-corrected chi connectivity index (χ4v) is 3.36. The van der Waals surface area contributed by atoms with Crippen LogP contribution < -0.4 is 15.5 Å². The van der Waals surface area contributed by atoms with Crippen molar-refractivity contribution >= 4 is 35.2 Å². The number of hydrogen-bond acceptors (Lipinski definition) is 4. The second-order valence-electron chi connectivity index (χ2n) is 4.82. The Kier molecular flexibility index (Phi) is 4.22. The zero-order valence-electron chi connectivity index (χ0n) is 12.1. The van der Waals surface area contributed by atoms with E-state index in [1.807, 2.05) is 24.3 Å². The fraction of sp³-hybridized carbons (Fsp3) is 0.357. The number of hydrogen-bond donors (Lipinski definition) is 2. The number of anilines is 1. The highest BCUT2D eigenvalue weighted by atomic mass is 32.2. The van der Waals surface area contributed by atoms with E-state index >= 15 is 0 Å². The molecule has 1 aliphatic heterocycles. The van der Waals surface area contributed by atoms with E-state index in [9.17, 15) is 14.4 Å². The van der Waals surface area contributed by atoms with Crippen LogP contribution >= 0.6 is 11.8 Å². The first-order chi connectivity index (χ1) is 9.90. The van der Waals surface area contributed by atoms with E-state index in [2.05, 4.69) is 10.6 Å². The molecule has 0 spiro atoms. The smallest absolute Gasteiger partial charge is 0.252 e. The van der Waals surface area contributed by atoms with Crippen molar-refractivity contribution in [2.75, 3.05) is 25.5 Å². The number of rotatable bonds is 3. The van der Waals surface area contributed by atoms with Crippen LogP contribution in [0.2, 0.25) is 0 Å². The fourth-order valence-electron chi connectivity index (χ4n) is 2.07. The summed E-state index contributed by atoms with van der Waals surface area (Å²) in [7, 11) is 3.13. The number of likely N-dealkylation sites (N-methyl/N-ethyl adjacent to an activating group) is 1. The van der Waals surface area contributed by atoms with Gasteiger partial charge in [-0.25, -0.2) is 0 Å². The standard InChI is InChI=1S/C14H17N3O3S/c1-14(12(19)16-8-11(18)15-2)13(20)17(3)9-6-4-5-7-10(9)21-14/h4-7H,8H2,1-3H3,(H,15,18)(H,16,19). The summed E-state index contributed by atoms with van der Waals surface area (Å²) >= 11 is 1.20. The van der Waals surface area contributed by atoms with Gasteiger partial charge in [-0.3, -0.25) is 14.4 Å². The normalized spacial score (nSPS) is 20.7. The largest absolute Gasteiger partial charge is 0.358 e. The van der Waals surface area contributed by atoms with Crippen molar-refractivity contribution in [3.05, 3.63) is 24.3 Å². The summed E-state index contributed by atoms with van der Waals surface area (Å²) in [5.41, 5.74) is 0.782. The van der Waals surface area contributed by atoms with E-state index in [0.29, 0.717) is 0 Å². The lowest BCUT2D eigenvalue weighted by atomic mass is 10.1. The summed E-state index contributed by atoms with van der Waals surface area (Å²) in [5, 5.41) is 4.92. The third-order valence-electron chi connectivity index (χ3n) is 3.38. The molecule has 0 aromatic heterocycles. The minimum atomic E-state index is -1.28. The van der Waals surface area contributed by atoms with Crippen LogP contribution in [0.25, 0.3) is 0 Å². The maximum atomic E-state index is 12.5. The number of thioether (sulfide) groups is 1. The molecule has 21 heavy (non-hydrogen) atoms. The molecular weight excluding hydrogens is 290 g/mol. The third-order valence-corrected chi connectivity index (χ3v) is 4.71. The van der Waals surface area contributed by atoms with Gasteiger partial charge in [0.2, 0.25) is 11.8 Å². The van der Waals surface area contributed by atoms with Crippen molar-refractivity contribution in [2.45, 2.75) is 16.6 Å². The lowest BCUT2D eigenvalue weighted by molar-refractivity contribution is -0.132. The van der Waals surface area contributed by atoms with Crippen LogP contribution in [-0.4, -0.2) is 43.1 Å². The molecule has 0 aliphatic carbocycles. The number of benzene rings is 1. The third kappa shape index (κ3) is 2.73. The van der Waals surface area contributed by atoms with Crippen molar-refractivity contribution < 1.29 is 14.4 Å². The Hall–Kier alpha value is -2.02. The minimum absolute atomic E-state index is 0.149. The van der Waals surface area contributed by atoms with Gasteiger partial charge in [0.25, 0.3) is 5.91 Å².